The molecule has 0 aliphatic carbocycles. The Kier molecular flexibility index (Phi) is 5.11. The second-order valence-electron chi connectivity index (χ2n) is 4.25. The summed E-state index contributed by atoms with van der Waals surface area (Å²) in [6.45, 7) is 5.00. The molecule has 0 saturated heterocycles. The molecule has 0 atom stereocenters. The zero-order chi connectivity index (χ0) is 15.2. The number of pyridine rings is 1. The van der Waals surface area contributed by atoms with Crippen LogP contribution in [0.2, 0.25) is 5.02 Å². The molecule has 0 radical (unpaired) electrons. The standard InChI is InChI=1S/C15H18ClN3O2/c1-3-20-13-6-5-11(8-14(13)21-4-2)19-15-12(16)7-10(17)9-18-15/h5-9H,3-4,17H2,1-2H3,(H,18,19). The number of nitrogens with two attached hydrogens (primary N) is 1. The third-order valence-corrected chi connectivity index (χ3v) is 2.96. The average Bonchev–Trinajstić information content (AvgIpc) is 2.45. The summed E-state index contributed by atoms with van der Waals surface area (Å²) in [4.78, 5) is 4.17. The summed E-state index contributed by atoms with van der Waals surface area (Å²) >= 11 is 6.10. The third kappa shape index (κ3) is 3.92. The number of ether oxygens (including phenoxy) is 2. The van der Waals surface area contributed by atoms with E-state index < -0.39 is 0 Å². The number of nitrogens with zero attached hydrogens (tertiary/aromatic N) is 1. The molecule has 0 spiro atoms. The zero-order valence-electron chi connectivity index (χ0n) is 12.0. The molecule has 0 aliphatic rings. The van der Waals surface area contributed by atoms with Crippen molar-refractivity contribution in [2.75, 3.05) is 24.3 Å². The number of halogens is 1. The second kappa shape index (κ2) is 7.04. The van der Waals surface area contributed by atoms with E-state index in [1.165, 1.54) is 0 Å². The van der Waals surface area contributed by atoms with Crippen molar-refractivity contribution in [1.82, 2.24) is 4.98 Å². The highest BCUT2D eigenvalue weighted by Crippen LogP contribution is 2.33. The Morgan fingerprint density at radius 3 is 2.52 bits per heavy atom. The van der Waals surface area contributed by atoms with Crippen LogP contribution < -0.4 is 20.5 Å². The van der Waals surface area contributed by atoms with Crippen LogP contribution in [0.25, 0.3) is 0 Å². The molecule has 1 aromatic heterocycles. The van der Waals surface area contributed by atoms with E-state index in [2.05, 4.69) is 10.3 Å². The molecule has 0 bridgehead atoms. The molecule has 1 aromatic carbocycles. The Hall–Kier alpha value is -2.14. The van der Waals surface area contributed by atoms with Gasteiger partial charge in [-0.05, 0) is 32.0 Å². The number of nitrogen functional groups attached to an aromatic ring is 1. The predicted molar refractivity (Wildman–Crippen MR) is 85.7 cm³/mol. The Balaban J connectivity index is 2.25. The molecule has 21 heavy (non-hydrogen) atoms. The first-order valence-electron chi connectivity index (χ1n) is 6.71. The summed E-state index contributed by atoms with van der Waals surface area (Å²) in [6, 6.07) is 7.22. The van der Waals surface area contributed by atoms with Crippen LogP contribution in [-0.4, -0.2) is 18.2 Å². The van der Waals surface area contributed by atoms with Crippen LogP contribution >= 0.6 is 11.6 Å². The van der Waals surface area contributed by atoms with Crippen molar-refractivity contribution in [2.45, 2.75) is 13.8 Å². The first-order valence-corrected chi connectivity index (χ1v) is 7.09. The van der Waals surface area contributed by atoms with Gasteiger partial charge in [0.15, 0.2) is 11.5 Å². The molecule has 1 heterocycles. The molecule has 2 rings (SSSR count). The molecule has 6 heteroatoms. The number of rotatable bonds is 6. The Bertz CT molecular complexity index is 620. The number of nitrogens with one attached hydrogen (secondary N) is 1. The van der Waals surface area contributed by atoms with Gasteiger partial charge in [-0.2, -0.15) is 0 Å². The molecule has 0 fully saturated rings. The Labute approximate surface area is 129 Å². The van der Waals surface area contributed by atoms with Crippen molar-refractivity contribution in [3.8, 4) is 11.5 Å². The van der Waals surface area contributed by atoms with E-state index in [0.717, 1.165) is 5.69 Å². The Morgan fingerprint density at radius 1 is 1.14 bits per heavy atom. The largest absolute Gasteiger partial charge is 0.490 e. The molecule has 112 valence electrons. The molecule has 2 aromatic rings. The fourth-order valence-corrected chi connectivity index (χ4v) is 2.03. The SMILES string of the molecule is CCOc1ccc(Nc2ncc(N)cc2Cl)cc1OCC. The van der Waals surface area contributed by atoms with Crippen LogP contribution in [0.3, 0.4) is 0 Å². The number of anilines is 3. The summed E-state index contributed by atoms with van der Waals surface area (Å²) in [5, 5.41) is 3.59. The minimum Gasteiger partial charge on any atom is -0.490 e. The fourth-order valence-electron chi connectivity index (χ4n) is 1.81. The van der Waals surface area contributed by atoms with E-state index in [1.807, 2.05) is 32.0 Å². The van der Waals surface area contributed by atoms with Gasteiger partial charge in [-0.25, -0.2) is 4.98 Å². The molecular formula is C15H18ClN3O2. The van der Waals surface area contributed by atoms with E-state index in [4.69, 9.17) is 26.8 Å². The van der Waals surface area contributed by atoms with Gasteiger partial charge in [-0.15, -0.1) is 0 Å². The number of benzene rings is 1. The van der Waals surface area contributed by atoms with E-state index in [1.54, 1.807) is 12.3 Å². The smallest absolute Gasteiger partial charge is 0.163 e. The summed E-state index contributed by atoms with van der Waals surface area (Å²) in [5.74, 6) is 1.93. The number of aromatic nitrogens is 1. The second-order valence-corrected chi connectivity index (χ2v) is 4.66. The summed E-state index contributed by atoms with van der Waals surface area (Å²) < 4.78 is 11.1. The molecule has 0 amide bonds. The van der Waals surface area contributed by atoms with Crippen LogP contribution in [0.15, 0.2) is 30.5 Å². The monoisotopic (exact) mass is 307 g/mol. The number of hydrogen-bond acceptors (Lipinski definition) is 5. The maximum atomic E-state index is 6.10. The zero-order valence-corrected chi connectivity index (χ0v) is 12.8. The van der Waals surface area contributed by atoms with Gasteiger partial charge in [-0.3, -0.25) is 0 Å². The summed E-state index contributed by atoms with van der Waals surface area (Å²) in [7, 11) is 0. The van der Waals surface area contributed by atoms with Crippen molar-refractivity contribution < 1.29 is 9.47 Å². The maximum absolute atomic E-state index is 6.10. The lowest BCUT2D eigenvalue weighted by Crippen LogP contribution is -2.00. The van der Waals surface area contributed by atoms with Gasteiger partial charge in [0.05, 0.1) is 30.1 Å². The van der Waals surface area contributed by atoms with Crippen LogP contribution in [0.4, 0.5) is 17.2 Å². The van der Waals surface area contributed by atoms with E-state index in [-0.39, 0.29) is 0 Å². The third-order valence-electron chi connectivity index (χ3n) is 2.67. The minimum atomic E-state index is 0.460. The normalized spacial score (nSPS) is 10.2. The molecule has 5 nitrogen and oxygen atoms in total. The highest BCUT2D eigenvalue weighted by molar-refractivity contribution is 6.33. The summed E-state index contributed by atoms with van der Waals surface area (Å²) in [6.07, 6.45) is 1.55. The van der Waals surface area contributed by atoms with Crippen molar-refractivity contribution in [3.63, 3.8) is 0 Å². The van der Waals surface area contributed by atoms with Crippen LogP contribution in [0.1, 0.15) is 13.8 Å². The lowest BCUT2D eigenvalue weighted by molar-refractivity contribution is 0.288. The number of hydrogen-bond donors (Lipinski definition) is 2. The van der Waals surface area contributed by atoms with Gasteiger partial charge in [0, 0.05) is 11.8 Å². The van der Waals surface area contributed by atoms with Gasteiger partial charge >= 0.3 is 0 Å². The van der Waals surface area contributed by atoms with Crippen molar-refractivity contribution in [2.24, 2.45) is 0 Å². The molecular weight excluding hydrogens is 290 g/mol. The van der Waals surface area contributed by atoms with Gasteiger partial charge in [0.25, 0.3) is 0 Å². The molecule has 0 saturated carbocycles. The van der Waals surface area contributed by atoms with Crippen LogP contribution in [-0.2, 0) is 0 Å². The van der Waals surface area contributed by atoms with Crippen molar-refractivity contribution in [1.29, 1.82) is 0 Å². The molecule has 3 N–H and O–H groups in total. The first-order chi connectivity index (χ1) is 10.1. The predicted octanol–water partition coefficient (Wildman–Crippen LogP) is 3.86. The van der Waals surface area contributed by atoms with Crippen molar-refractivity contribution >= 4 is 28.8 Å². The minimum absolute atomic E-state index is 0.460. The molecule has 0 unspecified atom stereocenters. The van der Waals surface area contributed by atoms with Gasteiger partial charge < -0.3 is 20.5 Å². The fraction of sp³-hybridized carbons (Fsp3) is 0.267. The highest BCUT2D eigenvalue weighted by atomic mass is 35.5. The lowest BCUT2D eigenvalue weighted by Gasteiger charge is -2.13. The maximum Gasteiger partial charge on any atom is 0.163 e. The van der Waals surface area contributed by atoms with Crippen molar-refractivity contribution in [3.05, 3.63) is 35.5 Å². The van der Waals surface area contributed by atoms with Crippen LogP contribution in [0, 0.1) is 0 Å². The van der Waals surface area contributed by atoms with Gasteiger partial charge in [-0.1, -0.05) is 11.6 Å². The topological polar surface area (TPSA) is 69.4 Å². The van der Waals surface area contributed by atoms with E-state index in [9.17, 15) is 0 Å². The van der Waals surface area contributed by atoms with Gasteiger partial charge in [0.1, 0.15) is 5.82 Å². The van der Waals surface area contributed by atoms with Gasteiger partial charge in [0.2, 0.25) is 0 Å². The van der Waals surface area contributed by atoms with Crippen LogP contribution in [0.5, 0.6) is 11.5 Å². The van der Waals surface area contributed by atoms with E-state index >= 15 is 0 Å². The van der Waals surface area contributed by atoms with E-state index in [0.29, 0.717) is 41.2 Å². The summed E-state index contributed by atoms with van der Waals surface area (Å²) in [5.41, 5.74) is 6.95. The Morgan fingerprint density at radius 2 is 1.86 bits per heavy atom. The quantitative estimate of drug-likeness (QED) is 0.848. The highest BCUT2D eigenvalue weighted by Gasteiger charge is 2.08. The first kappa shape index (κ1) is 15.3. The lowest BCUT2D eigenvalue weighted by atomic mass is 10.2. The average molecular weight is 308 g/mol. The molecule has 0 aliphatic heterocycles.